The van der Waals surface area contributed by atoms with Gasteiger partial charge in [-0.2, -0.15) is 0 Å². The Morgan fingerprint density at radius 1 is 1.50 bits per heavy atom. The smallest absolute Gasteiger partial charge is 0.244 e. The van der Waals surface area contributed by atoms with Gasteiger partial charge in [0.2, 0.25) is 5.91 Å². The predicted octanol–water partition coefficient (Wildman–Crippen LogP) is 0.310. The zero-order valence-corrected chi connectivity index (χ0v) is 10.4. The van der Waals surface area contributed by atoms with Crippen LogP contribution in [0.3, 0.4) is 0 Å². The van der Waals surface area contributed by atoms with Crippen molar-refractivity contribution in [1.29, 1.82) is 0 Å². The van der Waals surface area contributed by atoms with Gasteiger partial charge in [0.15, 0.2) is 5.96 Å². The van der Waals surface area contributed by atoms with E-state index in [1.54, 1.807) is 4.90 Å². The fraction of sp³-hybridized carbons (Fsp3) is 0.818. The first-order valence-electron chi connectivity index (χ1n) is 5.97. The summed E-state index contributed by atoms with van der Waals surface area (Å²) in [5, 5.41) is 2.94. The number of guanidine groups is 1. The fourth-order valence-electron chi connectivity index (χ4n) is 1.53. The van der Waals surface area contributed by atoms with Gasteiger partial charge < -0.3 is 16.0 Å². The third-order valence-electron chi connectivity index (χ3n) is 2.68. The fourth-order valence-corrected chi connectivity index (χ4v) is 1.53. The maximum Gasteiger partial charge on any atom is 0.244 e. The van der Waals surface area contributed by atoms with Gasteiger partial charge in [-0.1, -0.05) is 0 Å². The Kier molecular flexibility index (Phi) is 4.58. The molecule has 1 unspecified atom stereocenters. The first-order chi connectivity index (χ1) is 7.58. The van der Waals surface area contributed by atoms with Crippen molar-refractivity contribution < 1.29 is 4.79 Å². The Morgan fingerprint density at radius 3 is 2.50 bits per heavy atom. The molecule has 1 amide bonds. The van der Waals surface area contributed by atoms with Gasteiger partial charge in [-0.25, -0.2) is 0 Å². The summed E-state index contributed by atoms with van der Waals surface area (Å²) in [6, 6.07) is 0.0747. The normalized spacial score (nSPS) is 18.1. The van der Waals surface area contributed by atoms with Crippen LogP contribution in [0, 0.1) is 0 Å². The minimum Gasteiger partial charge on any atom is -0.370 e. The molecule has 1 atom stereocenters. The van der Waals surface area contributed by atoms with Crippen molar-refractivity contribution in [2.45, 2.75) is 45.7 Å². The summed E-state index contributed by atoms with van der Waals surface area (Å²) in [5.41, 5.74) is 5.70. The molecule has 1 aliphatic rings. The summed E-state index contributed by atoms with van der Waals surface area (Å²) in [7, 11) is 0. The van der Waals surface area contributed by atoms with E-state index in [1.165, 1.54) is 0 Å². The highest BCUT2D eigenvalue weighted by molar-refractivity contribution is 5.88. The number of aliphatic imine (C=N–C) groups is 1. The first kappa shape index (κ1) is 12.8. The van der Waals surface area contributed by atoms with Crippen molar-refractivity contribution in [3.8, 4) is 0 Å². The number of nitrogens with zero attached hydrogens (tertiary/aromatic N) is 2. The Bertz CT molecular complexity index is 269. The molecule has 0 bridgehead atoms. The number of likely N-dealkylation sites (N-methyl/N-ethyl adjacent to an activating group) is 1. The molecule has 0 heterocycles. The van der Waals surface area contributed by atoms with Gasteiger partial charge in [-0.05, 0) is 33.6 Å². The summed E-state index contributed by atoms with van der Waals surface area (Å²) >= 11 is 0. The molecule has 1 aliphatic carbocycles. The molecule has 0 aromatic carbocycles. The minimum atomic E-state index is -0.303. The van der Waals surface area contributed by atoms with E-state index in [2.05, 4.69) is 10.3 Å². The molecule has 0 aromatic heterocycles. The van der Waals surface area contributed by atoms with Gasteiger partial charge in [-0.15, -0.1) is 0 Å². The maximum absolute atomic E-state index is 11.9. The van der Waals surface area contributed by atoms with Crippen molar-refractivity contribution in [2.75, 3.05) is 13.1 Å². The second kappa shape index (κ2) is 5.72. The lowest BCUT2D eigenvalue weighted by Crippen LogP contribution is -2.49. The third-order valence-corrected chi connectivity index (χ3v) is 2.68. The van der Waals surface area contributed by atoms with Gasteiger partial charge in [-0.3, -0.25) is 9.79 Å². The van der Waals surface area contributed by atoms with Crippen LogP contribution in [0.4, 0.5) is 0 Å². The van der Waals surface area contributed by atoms with E-state index in [-0.39, 0.29) is 11.9 Å². The van der Waals surface area contributed by atoms with E-state index in [4.69, 9.17) is 5.73 Å². The van der Waals surface area contributed by atoms with Crippen molar-refractivity contribution in [2.24, 2.45) is 10.7 Å². The zero-order chi connectivity index (χ0) is 12.1. The summed E-state index contributed by atoms with van der Waals surface area (Å²) in [5.74, 6) is 0.453. The molecule has 92 valence electrons. The van der Waals surface area contributed by atoms with E-state index >= 15 is 0 Å². The molecule has 0 radical (unpaired) electrons. The summed E-state index contributed by atoms with van der Waals surface area (Å²) in [6.07, 6.45) is 2.22. The molecule has 0 spiro atoms. The molecule has 0 saturated heterocycles. The maximum atomic E-state index is 11.9. The Hall–Kier alpha value is -1.26. The van der Waals surface area contributed by atoms with Crippen LogP contribution < -0.4 is 11.1 Å². The average Bonchev–Trinajstić information content (AvgIpc) is 3.03. The van der Waals surface area contributed by atoms with Crippen LogP contribution in [0.2, 0.25) is 0 Å². The highest BCUT2D eigenvalue weighted by atomic mass is 16.2. The molecule has 1 rings (SSSR count). The zero-order valence-electron chi connectivity index (χ0n) is 10.4. The monoisotopic (exact) mass is 226 g/mol. The topological polar surface area (TPSA) is 70.7 Å². The number of amides is 1. The van der Waals surface area contributed by atoms with Gasteiger partial charge in [0.1, 0.15) is 6.04 Å². The van der Waals surface area contributed by atoms with Gasteiger partial charge >= 0.3 is 0 Å². The second-order valence-corrected chi connectivity index (χ2v) is 4.12. The molecule has 0 aliphatic heterocycles. The van der Waals surface area contributed by atoms with E-state index in [9.17, 15) is 4.79 Å². The van der Waals surface area contributed by atoms with Crippen LogP contribution in [0.1, 0.15) is 33.6 Å². The van der Waals surface area contributed by atoms with Crippen LogP contribution in [0.5, 0.6) is 0 Å². The molecule has 16 heavy (non-hydrogen) atoms. The predicted molar refractivity (Wildman–Crippen MR) is 65.2 cm³/mol. The van der Waals surface area contributed by atoms with Crippen LogP contribution in [0.15, 0.2) is 4.99 Å². The van der Waals surface area contributed by atoms with E-state index in [0.717, 1.165) is 25.9 Å². The second-order valence-electron chi connectivity index (χ2n) is 4.12. The van der Waals surface area contributed by atoms with Crippen molar-refractivity contribution in [3.05, 3.63) is 0 Å². The number of hydrogen-bond donors (Lipinski definition) is 2. The third kappa shape index (κ3) is 3.72. The van der Waals surface area contributed by atoms with Crippen molar-refractivity contribution in [3.63, 3.8) is 0 Å². The van der Waals surface area contributed by atoms with Crippen LogP contribution in [-0.4, -0.2) is 41.9 Å². The SMILES string of the molecule is CCN(CC)C(=O)C(C)NC(N)=NC1CC1. The molecule has 5 nitrogen and oxygen atoms in total. The summed E-state index contributed by atoms with van der Waals surface area (Å²) in [4.78, 5) is 17.9. The molecule has 1 saturated carbocycles. The lowest BCUT2D eigenvalue weighted by atomic mass is 10.3. The quantitative estimate of drug-likeness (QED) is 0.523. The van der Waals surface area contributed by atoms with Gasteiger partial charge in [0.05, 0.1) is 6.04 Å². The summed E-state index contributed by atoms with van der Waals surface area (Å²) in [6.45, 7) is 7.20. The Labute approximate surface area is 97.1 Å². The lowest BCUT2D eigenvalue weighted by Gasteiger charge is -2.23. The molecule has 1 fully saturated rings. The molecule has 0 aromatic rings. The highest BCUT2D eigenvalue weighted by Gasteiger charge is 2.22. The van der Waals surface area contributed by atoms with Gasteiger partial charge in [0.25, 0.3) is 0 Å². The average molecular weight is 226 g/mol. The van der Waals surface area contributed by atoms with Crippen LogP contribution in [-0.2, 0) is 4.79 Å². The summed E-state index contributed by atoms with van der Waals surface area (Å²) < 4.78 is 0. The van der Waals surface area contributed by atoms with Crippen molar-refractivity contribution >= 4 is 11.9 Å². The highest BCUT2D eigenvalue weighted by Crippen LogP contribution is 2.22. The van der Waals surface area contributed by atoms with E-state index < -0.39 is 0 Å². The number of carbonyl (C=O) groups is 1. The van der Waals surface area contributed by atoms with E-state index in [0.29, 0.717) is 12.0 Å². The van der Waals surface area contributed by atoms with E-state index in [1.807, 2.05) is 20.8 Å². The number of hydrogen-bond acceptors (Lipinski definition) is 2. The Balaban J connectivity index is 2.43. The lowest BCUT2D eigenvalue weighted by molar-refractivity contribution is -0.132. The van der Waals surface area contributed by atoms with Crippen molar-refractivity contribution in [1.82, 2.24) is 10.2 Å². The molecule has 3 N–H and O–H groups in total. The van der Waals surface area contributed by atoms with Gasteiger partial charge in [0, 0.05) is 13.1 Å². The number of rotatable bonds is 5. The molecular weight excluding hydrogens is 204 g/mol. The number of nitrogens with one attached hydrogen (secondary N) is 1. The Morgan fingerprint density at radius 2 is 2.06 bits per heavy atom. The molecular formula is C11H22N4O. The largest absolute Gasteiger partial charge is 0.370 e. The number of nitrogens with two attached hydrogens (primary N) is 1. The number of carbonyl (C=O) groups excluding carboxylic acids is 1. The van der Waals surface area contributed by atoms with Crippen LogP contribution >= 0.6 is 0 Å². The molecule has 5 heteroatoms. The first-order valence-corrected chi connectivity index (χ1v) is 5.97. The van der Waals surface area contributed by atoms with Crippen LogP contribution in [0.25, 0.3) is 0 Å². The minimum absolute atomic E-state index is 0.0685. The standard InChI is InChI=1S/C11H22N4O/c1-4-15(5-2)10(16)8(3)13-11(12)14-9-6-7-9/h8-9H,4-7H2,1-3H3,(H3,12,13,14).